The van der Waals surface area contributed by atoms with Gasteiger partial charge in [-0.05, 0) is 51.4 Å². The van der Waals surface area contributed by atoms with Crippen molar-refractivity contribution in [2.24, 2.45) is 0 Å². The molecule has 0 aliphatic heterocycles. The minimum atomic E-state index is -0.667. The molecule has 0 spiro atoms. The fraction of sp³-hybridized carbons (Fsp3) is 0.922. The van der Waals surface area contributed by atoms with Gasteiger partial charge in [-0.2, -0.15) is 0 Å². The number of nitrogens with one attached hydrogen (secondary N) is 1. The van der Waals surface area contributed by atoms with Crippen LogP contribution < -0.4 is 5.32 Å². The summed E-state index contributed by atoms with van der Waals surface area (Å²) in [6, 6.07) is -0.545. The van der Waals surface area contributed by atoms with Crippen LogP contribution in [0.15, 0.2) is 12.2 Å². The highest BCUT2D eigenvalue weighted by atomic mass is 16.5. The molecule has 1 amide bonds. The summed E-state index contributed by atoms with van der Waals surface area (Å²) in [4.78, 5) is 24.4. The second kappa shape index (κ2) is 47.3. The van der Waals surface area contributed by atoms with E-state index in [1.807, 2.05) is 0 Å². The average Bonchev–Trinajstić information content (AvgIpc) is 3.21. The Labute approximate surface area is 355 Å². The van der Waals surface area contributed by atoms with E-state index in [1.165, 1.54) is 199 Å². The van der Waals surface area contributed by atoms with Crippen LogP contribution >= 0.6 is 0 Å². The lowest BCUT2D eigenvalue weighted by Gasteiger charge is -2.22. The van der Waals surface area contributed by atoms with Crippen LogP contribution in [0.2, 0.25) is 0 Å². The molecule has 6 heteroatoms. The van der Waals surface area contributed by atoms with E-state index in [1.54, 1.807) is 0 Å². The van der Waals surface area contributed by atoms with Gasteiger partial charge in [0, 0.05) is 12.8 Å². The van der Waals surface area contributed by atoms with E-state index in [9.17, 15) is 19.8 Å². The van der Waals surface area contributed by atoms with E-state index in [0.717, 1.165) is 44.9 Å². The van der Waals surface area contributed by atoms with Gasteiger partial charge in [0.25, 0.3) is 0 Å². The van der Waals surface area contributed by atoms with Crippen LogP contribution in [0.4, 0.5) is 0 Å². The third-order valence-electron chi connectivity index (χ3n) is 11.8. The molecule has 338 valence electrons. The molecule has 0 heterocycles. The summed E-state index contributed by atoms with van der Waals surface area (Å²) in [6.45, 7) is 4.92. The number of aliphatic hydroxyl groups is 2. The number of esters is 1. The Morgan fingerprint density at radius 1 is 0.474 bits per heavy atom. The molecule has 57 heavy (non-hydrogen) atoms. The van der Waals surface area contributed by atoms with Gasteiger partial charge in [0.15, 0.2) is 0 Å². The number of carbonyl (C=O) groups is 2. The number of rotatable bonds is 47. The number of ether oxygens (including phenoxy) is 1. The van der Waals surface area contributed by atoms with Gasteiger partial charge in [-0.15, -0.1) is 0 Å². The summed E-state index contributed by atoms with van der Waals surface area (Å²) in [7, 11) is 0. The van der Waals surface area contributed by atoms with Crippen molar-refractivity contribution in [3.8, 4) is 0 Å². The Hall–Kier alpha value is -1.40. The molecule has 0 aromatic heterocycles. The summed E-state index contributed by atoms with van der Waals surface area (Å²) in [5.41, 5.74) is 0. The fourth-order valence-electron chi connectivity index (χ4n) is 7.87. The number of allylic oxidation sites excluding steroid dienone is 2. The van der Waals surface area contributed by atoms with Crippen LogP contribution in [0.5, 0.6) is 0 Å². The van der Waals surface area contributed by atoms with Gasteiger partial charge in [0.05, 0.1) is 25.4 Å². The first-order valence-electron chi connectivity index (χ1n) is 25.4. The van der Waals surface area contributed by atoms with Crippen LogP contribution in [0.25, 0.3) is 0 Å². The Balaban J connectivity index is 3.41. The van der Waals surface area contributed by atoms with Gasteiger partial charge in [0.2, 0.25) is 5.91 Å². The zero-order valence-electron chi connectivity index (χ0n) is 38.3. The smallest absolute Gasteiger partial charge is 0.305 e. The largest absolute Gasteiger partial charge is 0.466 e. The molecule has 0 saturated carbocycles. The van der Waals surface area contributed by atoms with Gasteiger partial charge < -0.3 is 20.3 Å². The van der Waals surface area contributed by atoms with Gasteiger partial charge in [-0.25, -0.2) is 0 Å². The van der Waals surface area contributed by atoms with E-state index in [2.05, 4.69) is 31.3 Å². The molecule has 6 nitrogen and oxygen atoms in total. The zero-order chi connectivity index (χ0) is 41.5. The van der Waals surface area contributed by atoms with E-state index in [0.29, 0.717) is 25.9 Å². The summed E-state index contributed by atoms with van der Waals surface area (Å²) >= 11 is 0. The molecule has 2 atom stereocenters. The lowest BCUT2D eigenvalue weighted by Crippen LogP contribution is -2.45. The Bertz CT molecular complexity index is 847. The third kappa shape index (κ3) is 44.0. The fourth-order valence-corrected chi connectivity index (χ4v) is 7.87. The van der Waals surface area contributed by atoms with E-state index >= 15 is 0 Å². The topological polar surface area (TPSA) is 95.9 Å². The first kappa shape index (κ1) is 55.6. The molecule has 0 aromatic rings. The Morgan fingerprint density at radius 3 is 1.25 bits per heavy atom. The predicted molar refractivity (Wildman–Crippen MR) is 246 cm³/mol. The minimum absolute atomic E-state index is 0.00438. The summed E-state index contributed by atoms with van der Waals surface area (Å²) in [5, 5.41) is 23.0. The maximum atomic E-state index is 12.4. The van der Waals surface area contributed by atoms with Gasteiger partial charge in [0.1, 0.15) is 0 Å². The number of unbranched alkanes of at least 4 members (excludes halogenated alkanes) is 34. The van der Waals surface area contributed by atoms with Crippen LogP contribution in [-0.2, 0) is 14.3 Å². The maximum Gasteiger partial charge on any atom is 0.305 e. The first-order chi connectivity index (χ1) is 28.0. The molecule has 0 saturated heterocycles. The van der Waals surface area contributed by atoms with Crippen molar-refractivity contribution in [2.45, 2.75) is 289 Å². The molecule has 0 aliphatic carbocycles. The van der Waals surface area contributed by atoms with E-state index < -0.39 is 12.1 Å². The van der Waals surface area contributed by atoms with Crippen molar-refractivity contribution in [1.82, 2.24) is 5.32 Å². The average molecular weight is 806 g/mol. The van der Waals surface area contributed by atoms with Crippen molar-refractivity contribution < 1.29 is 24.5 Å². The predicted octanol–water partition coefficient (Wildman–Crippen LogP) is 15.0. The molecule has 0 aliphatic rings. The second-order valence-electron chi connectivity index (χ2n) is 17.5. The quantitative estimate of drug-likeness (QED) is 0.0323. The van der Waals surface area contributed by atoms with Crippen molar-refractivity contribution in [2.75, 3.05) is 13.2 Å². The van der Waals surface area contributed by atoms with Crippen LogP contribution in [0.3, 0.4) is 0 Å². The SMILES string of the molecule is CCCCCCCCCCCCCCC(=O)OCCCCCCCCCC/C=C\CCCCCCCCCC(=O)NC(CO)C(O)CCCCCCCCCCC. The first-order valence-corrected chi connectivity index (χ1v) is 25.4. The molecule has 0 radical (unpaired) electrons. The van der Waals surface area contributed by atoms with Gasteiger partial charge in [-0.3, -0.25) is 9.59 Å². The molecule has 0 bridgehead atoms. The highest BCUT2D eigenvalue weighted by molar-refractivity contribution is 5.76. The van der Waals surface area contributed by atoms with Crippen LogP contribution in [0.1, 0.15) is 277 Å². The van der Waals surface area contributed by atoms with Gasteiger partial charge in [-0.1, -0.05) is 225 Å². The number of hydrogen-bond donors (Lipinski definition) is 3. The van der Waals surface area contributed by atoms with E-state index in [-0.39, 0.29) is 18.5 Å². The van der Waals surface area contributed by atoms with Gasteiger partial charge >= 0.3 is 5.97 Å². The van der Waals surface area contributed by atoms with Crippen molar-refractivity contribution in [3.63, 3.8) is 0 Å². The van der Waals surface area contributed by atoms with Crippen molar-refractivity contribution >= 4 is 11.9 Å². The summed E-state index contributed by atoms with van der Waals surface area (Å²) in [5.74, 6) is -0.0425. The highest BCUT2D eigenvalue weighted by Gasteiger charge is 2.20. The third-order valence-corrected chi connectivity index (χ3v) is 11.8. The van der Waals surface area contributed by atoms with Crippen molar-refractivity contribution in [3.05, 3.63) is 12.2 Å². The zero-order valence-corrected chi connectivity index (χ0v) is 38.3. The molecular weight excluding hydrogens is 707 g/mol. The standard InChI is InChI=1S/C51H99NO5/c1-3-5-7-9-11-13-14-25-29-33-37-41-45-51(56)57-46-42-38-34-30-26-23-21-19-17-15-16-18-20-22-24-28-32-36-40-44-50(55)52-48(47-53)49(54)43-39-35-31-27-12-10-8-6-4-2/h15-16,48-49,53-54H,3-14,17-47H2,1-2H3,(H,52,55)/b16-15-. The molecule has 0 fully saturated rings. The highest BCUT2D eigenvalue weighted by Crippen LogP contribution is 2.16. The number of carbonyl (C=O) groups excluding carboxylic acids is 2. The normalized spacial score (nSPS) is 12.7. The minimum Gasteiger partial charge on any atom is -0.466 e. The van der Waals surface area contributed by atoms with Crippen LogP contribution in [-0.4, -0.2) is 47.4 Å². The number of hydrogen-bond acceptors (Lipinski definition) is 5. The lowest BCUT2D eigenvalue weighted by molar-refractivity contribution is -0.143. The summed E-state index contributed by atoms with van der Waals surface area (Å²) in [6.07, 6.45) is 53.3. The molecule has 0 rings (SSSR count). The van der Waals surface area contributed by atoms with Crippen molar-refractivity contribution in [1.29, 1.82) is 0 Å². The van der Waals surface area contributed by atoms with Crippen LogP contribution in [0, 0.1) is 0 Å². The van der Waals surface area contributed by atoms with E-state index in [4.69, 9.17) is 4.74 Å². The number of aliphatic hydroxyl groups excluding tert-OH is 2. The molecule has 3 N–H and O–H groups in total. The monoisotopic (exact) mass is 806 g/mol. The molecule has 2 unspecified atom stereocenters. The Kier molecular flexibility index (Phi) is 46.1. The number of amides is 1. The second-order valence-corrected chi connectivity index (χ2v) is 17.5. The Morgan fingerprint density at radius 2 is 0.825 bits per heavy atom. The molecular formula is C51H99NO5. The lowest BCUT2D eigenvalue weighted by atomic mass is 10.0. The summed E-state index contributed by atoms with van der Waals surface area (Å²) < 4.78 is 5.45. The molecule has 0 aromatic carbocycles. The maximum absolute atomic E-state index is 12.4.